The van der Waals surface area contributed by atoms with Crippen LogP contribution in [0.5, 0.6) is 0 Å². The summed E-state index contributed by atoms with van der Waals surface area (Å²) in [6, 6.07) is 0. The Balaban J connectivity index is 4.46. The van der Waals surface area contributed by atoms with Gasteiger partial charge in [0.15, 0.2) is 0 Å². The highest BCUT2D eigenvalue weighted by Crippen LogP contribution is 2.14. The van der Waals surface area contributed by atoms with Gasteiger partial charge >= 0.3 is 8.97 Å². The molecule has 16 heavy (non-hydrogen) atoms. The van der Waals surface area contributed by atoms with Crippen LogP contribution in [-0.4, -0.2) is 47.4 Å². The van der Waals surface area contributed by atoms with Crippen LogP contribution < -0.4 is 0 Å². The highest BCUT2D eigenvalue weighted by atomic mass is 28.4. The van der Waals surface area contributed by atoms with Crippen molar-refractivity contribution in [3.8, 4) is 0 Å². The molecule has 0 saturated heterocycles. The summed E-state index contributed by atoms with van der Waals surface area (Å²) in [5, 5.41) is 0. The minimum absolute atomic E-state index is 0.692. The second-order valence-corrected chi connectivity index (χ2v) is 6.77. The molecule has 0 aromatic rings. The van der Waals surface area contributed by atoms with E-state index in [0.717, 1.165) is 19.3 Å². The van der Waals surface area contributed by atoms with Crippen LogP contribution in [0.1, 0.15) is 40.0 Å². The van der Waals surface area contributed by atoms with Gasteiger partial charge in [0.2, 0.25) is 0 Å². The molecular weight excluding hydrogens is 222 g/mol. The van der Waals surface area contributed by atoms with E-state index >= 15 is 0 Å². The largest absolute Gasteiger partial charge is 0.599 e. The molecule has 0 aliphatic rings. The monoisotopic (exact) mass is 249 g/mol. The number of hydrogen-bond acceptors (Lipinski definition) is 4. The molecule has 0 aromatic heterocycles. The maximum absolute atomic E-state index is 5.86. The summed E-state index contributed by atoms with van der Waals surface area (Å²) in [4.78, 5) is 0. The third kappa shape index (κ3) is 5.40. The molecule has 0 fully saturated rings. The van der Waals surface area contributed by atoms with Crippen molar-refractivity contribution in [3.05, 3.63) is 0 Å². The predicted molar refractivity (Wildman–Crippen MR) is 68.2 cm³/mol. The minimum Gasteiger partial charge on any atom is -0.361 e. The molecule has 0 aliphatic carbocycles. The standard InChI is InChI=1S/C11H27NO3Si/c1-6-9-13-16(12(4)5,14-10-7-2)15-11-8-3/h6-11H2,1-5H3. The summed E-state index contributed by atoms with van der Waals surface area (Å²) in [6.07, 6.45) is 2.94. The quantitative estimate of drug-likeness (QED) is 0.556. The van der Waals surface area contributed by atoms with Crippen molar-refractivity contribution in [3.63, 3.8) is 0 Å². The third-order valence-corrected chi connectivity index (χ3v) is 4.82. The summed E-state index contributed by atoms with van der Waals surface area (Å²) in [6.45, 7) is 8.35. The fourth-order valence-corrected chi connectivity index (χ4v) is 3.62. The lowest BCUT2D eigenvalue weighted by molar-refractivity contribution is 0.0199. The summed E-state index contributed by atoms with van der Waals surface area (Å²) in [7, 11) is 1.33. The van der Waals surface area contributed by atoms with Crippen molar-refractivity contribution >= 4 is 8.97 Å². The lowest BCUT2D eigenvalue weighted by Gasteiger charge is -2.33. The molecule has 0 radical (unpaired) electrons. The minimum atomic E-state index is -2.60. The van der Waals surface area contributed by atoms with E-state index in [4.69, 9.17) is 13.3 Å². The van der Waals surface area contributed by atoms with Gasteiger partial charge in [0, 0.05) is 19.8 Å². The van der Waals surface area contributed by atoms with Gasteiger partial charge in [0.05, 0.1) is 0 Å². The van der Waals surface area contributed by atoms with Gasteiger partial charge in [0.1, 0.15) is 0 Å². The Morgan fingerprint density at radius 2 is 1.06 bits per heavy atom. The molecule has 98 valence electrons. The third-order valence-electron chi connectivity index (χ3n) is 2.01. The van der Waals surface area contributed by atoms with E-state index in [1.54, 1.807) is 0 Å². The summed E-state index contributed by atoms with van der Waals surface area (Å²) >= 11 is 0. The fourth-order valence-electron chi connectivity index (χ4n) is 1.21. The topological polar surface area (TPSA) is 30.9 Å². The molecule has 0 spiro atoms. The Morgan fingerprint density at radius 1 is 0.750 bits per heavy atom. The van der Waals surface area contributed by atoms with Gasteiger partial charge in [-0.25, -0.2) is 0 Å². The van der Waals surface area contributed by atoms with Crippen molar-refractivity contribution in [2.45, 2.75) is 40.0 Å². The summed E-state index contributed by atoms with van der Waals surface area (Å²) in [5.41, 5.74) is 0. The van der Waals surface area contributed by atoms with Crippen molar-refractivity contribution < 1.29 is 13.3 Å². The highest BCUT2D eigenvalue weighted by molar-refractivity contribution is 6.57. The molecule has 4 nitrogen and oxygen atoms in total. The van der Waals surface area contributed by atoms with Crippen LogP contribution in [0.15, 0.2) is 0 Å². The van der Waals surface area contributed by atoms with Crippen molar-refractivity contribution in [1.29, 1.82) is 0 Å². The molecule has 0 atom stereocenters. The van der Waals surface area contributed by atoms with E-state index in [1.807, 2.05) is 18.7 Å². The predicted octanol–water partition coefficient (Wildman–Crippen LogP) is 2.26. The molecule has 0 aromatic carbocycles. The van der Waals surface area contributed by atoms with Gasteiger partial charge in [0.25, 0.3) is 0 Å². The van der Waals surface area contributed by atoms with Crippen molar-refractivity contribution in [2.75, 3.05) is 33.9 Å². The summed E-state index contributed by atoms with van der Waals surface area (Å²) in [5.74, 6) is 0. The number of nitrogens with zero attached hydrogens (tertiary/aromatic N) is 1. The van der Waals surface area contributed by atoms with E-state index in [-0.39, 0.29) is 0 Å². The normalized spacial score (nSPS) is 12.4. The summed E-state index contributed by atoms with van der Waals surface area (Å²) < 4.78 is 19.6. The SMILES string of the molecule is CCCO[Si](OCCC)(OCCC)N(C)C. The molecule has 0 unspecified atom stereocenters. The molecule has 0 rings (SSSR count). The molecule has 5 heteroatoms. The number of hydrogen-bond donors (Lipinski definition) is 0. The van der Waals surface area contributed by atoms with Gasteiger partial charge in [-0.3, -0.25) is 4.57 Å². The molecule has 0 aliphatic heterocycles. The first-order valence-corrected chi connectivity index (χ1v) is 7.89. The van der Waals surface area contributed by atoms with Gasteiger partial charge < -0.3 is 13.3 Å². The zero-order chi connectivity index (χ0) is 12.4. The van der Waals surface area contributed by atoms with Gasteiger partial charge in [-0.15, -0.1) is 0 Å². The van der Waals surface area contributed by atoms with Gasteiger partial charge in [-0.2, -0.15) is 0 Å². The van der Waals surface area contributed by atoms with Crippen LogP contribution in [0.25, 0.3) is 0 Å². The van der Waals surface area contributed by atoms with Crippen LogP contribution >= 0.6 is 0 Å². The molecule has 0 heterocycles. The molecule has 0 bridgehead atoms. The van der Waals surface area contributed by atoms with Crippen LogP contribution in [0.4, 0.5) is 0 Å². The molecular formula is C11H27NO3Si. The zero-order valence-electron chi connectivity index (χ0n) is 11.4. The van der Waals surface area contributed by atoms with Gasteiger partial charge in [-0.1, -0.05) is 20.8 Å². The first kappa shape index (κ1) is 16.1. The molecule has 0 amide bonds. The van der Waals surface area contributed by atoms with Crippen LogP contribution in [-0.2, 0) is 13.3 Å². The van der Waals surface area contributed by atoms with Crippen LogP contribution in [0.3, 0.4) is 0 Å². The highest BCUT2D eigenvalue weighted by Gasteiger charge is 2.45. The van der Waals surface area contributed by atoms with E-state index in [1.165, 1.54) is 0 Å². The second-order valence-electron chi connectivity index (χ2n) is 3.96. The Hall–Kier alpha value is 0.0569. The Kier molecular flexibility index (Phi) is 9.16. The molecule has 0 N–H and O–H groups in total. The second kappa shape index (κ2) is 9.12. The first-order valence-electron chi connectivity index (χ1n) is 6.22. The first-order chi connectivity index (χ1) is 7.63. The number of rotatable bonds is 10. The average molecular weight is 249 g/mol. The Labute approximate surface area is 101 Å². The van der Waals surface area contributed by atoms with E-state index in [2.05, 4.69) is 20.8 Å². The van der Waals surface area contributed by atoms with Crippen LogP contribution in [0, 0.1) is 0 Å². The molecule has 0 saturated carbocycles. The fraction of sp³-hybridized carbons (Fsp3) is 1.00. The Morgan fingerprint density at radius 3 is 1.25 bits per heavy atom. The van der Waals surface area contributed by atoms with E-state index < -0.39 is 8.97 Å². The zero-order valence-corrected chi connectivity index (χ0v) is 12.4. The van der Waals surface area contributed by atoms with Crippen molar-refractivity contribution in [2.24, 2.45) is 0 Å². The maximum Gasteiger partial charge on any atom is 0.599 e. The van der Waals surface area contributed by atoms with E-state index in [9.17, 15) is 0 Å². The van der Waals surface area contributed by atoms with E-state index in [0.29, 0.717) is 19.8 Å². The van der Waals surface area contributed by atoms with Gasteiger partial charge in [-0.05, 0) is 33.4 Å². The smallest absolute Gasteiger partial charge is 0.361 e. The Bertz CT molecular complexity index is 146. The van der Waals surface area contributed by atoms with Crippen molar-refractivity contribution in [1.82, 2.24) is 4.57 Å². The maximum atomic E-state index is 5.86. The lowest BCUT2D eigenvalue weighted by atomic mass is 10.5. The van der Waals surface area contributed by atoms with Crippen LogP contribution in [0.2, 0.25) is 0 Å². The average Bonchev–Trinajstić information content (AvgIpc) is 2.28. The lowest BCUT2D eigenvalue weighted by Crippen LogP contribution is -2.58.